The SMILES string of the molecule is CN=C(NCCCOC1CCCCC1)N(C)C.I. The van der Waals surface area contributed by atoms with Gasteiger partial charge in [-0.05, 0) is 19.3 Å². The molecule has 1 saturated carbocycles. The van der Waals surface area contributed by atoms with Crippen LogP contribution in [0.15, 0.2) is 4.99 Å². The molecule has 0 aliphatic heterocycles. The summed E-state index contributed by atoms with van der Waals surface area (Å²) in [5.41, 5.74) is 0. The average molecular weight is 369 g/mol. The van der Waals surface area contributed by atoms with Crippen molar-refractivity contribution < 1.29 is 4.74 Å². The van der Waals surface area contributed by atoms with Gasteiger partial charge in [0.1, 0.15) is 0 Å². The maximum atomic E-state index is 5.87. The zero-order valence-corrected chi connectivity index (χ0v) is 14.3. The molecule has 1 rings (SSSR count). The van der Waals surface area contributed by atoms with Gasteiger partial charge in [-0.2, -0.15) is 0 Å². The molecule has 1 fully saturated rings. The molecule has 0 aromatic heterocycles. The first kappa shape index (κ1) is 18.0. The zero-order chi connectivity index (χ0) is 12.5. The molecule has 0 radical (unpaired) electrons. The Bertz CT molecular complexity index is 228. The summed E-state index contributed by atoms with van der Waals surface area (Å²) in [6, 6.07) is 0. The van der Waals surface area contributed by atoms with Crippen molar-refractivity contribution in [2.75, 3.05) is 34.3 Å². The molecular formula is C13H28IN3O. The second-order valence-corrected chi connectivity index (χ2v) is 4.85. The highest BCUT2D eigenvalue weighted by Gasteiger charge is 2.12. The number of nitrogens with one attached hydrogen (secondary N) is 1. The van der Waals surface area contributed by atoms with Crippen molar-refractivity contribution in [3.05, 3.63) is 0 Å². The minimum absolute atomic E-state index is 0. The summed E-state index contributed by atoms with van der Waals surface area (Å²) in [4.78, 5) is 6.15. The van der Waals surface area contributed by atoms with Crippen LogP contribution in [0.5, 0.6) is 0 Å². The molecule has 0 amide bonds. The Morgan fingerprint density at radius 3 is 2.50 bits per heavy atom. The first-order chi connectivity index (χ1) is 8.24. The molecule has 0 saturated heterocycles. The standard InChI is InChI=1S/C13H27N3O.HI/c1-14-13(16(2)3)15-10-7-11-17-12-8-5-4-6-9-12;/h12H,4-11H2,1-3H3,(H,14,15);1H. The van der Waals surface area contributed by atoms with Gasteiger partial charge in [0.25, 0.3) is 0 Å². The highest BCUT2D eigenvalue weighted by atomic mass is 127. The lowest BCUT2D eigenvalue weighted by molar-refractivity contribution is 0.0276. The van der Waals surface area contributed by atoms with Crippen molar-refractivity contribution in [2.24, 2.45) is 4.99 Å². The normalized spacial score (nSPS) is 17.2. The van der Waals surface area contributed by atoms with Gasteiger partial charge in [-0.3, -0.25) is 4.99 Å². The van der Waals surface area contributed by atoms with E-state index in [1.54, 1.807) is 7.05 Å². The van der Waals surface area contributed by atoms with Crippen LogP contribution >= 0.6 is 24.0 Å². The first-order valence-corrected chi connectivity index (χ1v) is 6.73. The molecule has 1 aliphatic rings. The summed E-state index contributed by atoms with van der Waals surface area (Å²) in [7, 11) is 5.79. The van der Waals surface area contributed by atoms with Crippen LogP contribution in [-0.2, 0) is 4.74 Å². The maximum Gasteiger partial charge on any atom is 0.193 e. The zero-order valence-electron chi connectivity index (χ0n) is 11.9. The fourth-order valence-corrected chi connectivity index (χ4v) is 2.19. The van der Waals surface area contributed by atoms with Crippen LogP contribution in [-0.4, -0.2) is 51.3 Å². The minimum atomic E-state index is 0. The van der Waals surface area contributed by atoms with Gasteiger partial charge < -0.3 is 15.0 Å². The van der Waals surface area contributed by atoms with Gasteiger partial charge in [-0.25, -0.2) is 0 Å². The predicted octanol–water partition coefficient (Wildman–Crippen LogP) is 2.48. The van der Waals surface area contributed by atoms with Gasteiger partial charge in [-0.1, -0.05) is 19.3 Å². The number of nitrogens with zero attached hydrogens (tertiary/aromatic N) is 2. The summed E-state index contributed by atoms with van der Waals surface area (Å²) in [6.07, 6.45) is 8.16. The van der Waals surface area contributed by atoms with Crippen molar-refractivity contribution >= 4 is 29.9 Å². The molecule has 0 heterocycles. The molecule has 0 aromatic carbocycles. The van der Waals surface area contributed by atoms with Gasteiger partial charge in [0, 0.05) is 34.3 Å². The summed E-state index contributed by atoms with van der Waals surface area (Å²) >= 11 is 0. The highest BCUT2D eigenvalue weighted by molar-refractivity contribution is 14.0. The fraction of sp³-hybridized carbons (Fsp3) is 0.923. The molecule has 0 aromatic rings. The largest absolute Gasteiger partial charge is 0.378 e. The van der Waals surface area contributed by atoms with Crippen LogP contribution in [0.2, 0.25) is 0 Å². The lowest BCUT2D eigenvalue weighted by Gasteiger charge is -2.22. The first-order valence-electron chi connectivity index (χ1n) is 6.73. The van der Waals surface area contributed by atoms with Crippen LogP contribution in [0.4, 0.5) is 0 Å². The van der Waals surface area contributed by atoms with Crippen LogP contribution in [0, 0.1) is 0 Å². The number of hydrogen-bond acceptors (Lipinski definition) is 2. The van der Waals surface area contributed by atoms with E-state index in [0.717, 1.165) is 25.5 Å². The molecule has 18 heavy (non-hydrogen) atoms. The molecule has 0 atom stereocenters. The van der Waals surface area contributed by atoms with Gasteiger partial charge in [0.15, 0.2) is 5.96 Å². The topological polar surface area (TPSA) is 36.9 Å². The summed E-state index contributed by atoms with van der Waals surface area (Å²) in [5, 5.41) is 3.30. The Hall–Kier alpha value is -0.0400. The van der Waals surface area contributed by atoms with Crippen molar-refractivity contribution in [3.63, 3.8) is 0 Å². The summed E-state index contributed by atoms with van der Waals surface area (Å²) in [5.74, 6) is 0.933. The van der Waals surface area contributed by atoms with Crippen LogP contribution in [0.25, 0.3) is 0 Å². The second-order valence-electron chi connectivity index (χ2n) is 4.85. The molecule has 108 valence electrons. The Morgan fingerprint density at radius 1 is 1.28 bits per heavy atom. The molecule has 1 N–H and O–H groups in total. The van der Waals surface area contributed by atoms with Gasteiger partial charge in [0.05, 0.1) is 6.10 Å². The monoisotopic (exact) mass is 369 g/mol. The minimum Gasteiger partial charge on any atom is -0.378 e. The molecule has 0 bridgehead atoms. The van der Waals surface area contributed by atoms with E-state index in [1.807, 2.05) is 19.0 Å². The van der Waals surface area contributed by atoms with Crippen molar-refractivity contribution in [2.45, 2.75) is 44.6 Å². The van der Waals surface area contributed by atoms with E-state index in [2.05, 4.69) is 10.3 Å². The number of hydrogen-bond donors (Lipinski definition) is 1. The summed E-state index contributed by atoms with van der Waals surface area (Å²) < 4.78 is 5.87. The lowest BCUT2D eigenvalue weighted by atomic mass is 9.98. The third-order valence-electron chi connectivity index (χ3n) is 3.15. The Kier molecular flexibility index (Phi) is 10.8. The number of rotatable bonds is 5. The van der Waals surface area contributed by atoms with E-state index in [-0.39, 0.29) is 24.0 Å². The third-order valence-corrected chi connectivity index (χ3v) is 3.15. The Morgan fingerprint density at radius 2 is 1.94 bits per heavy atom. The molecule has 1 aliphatic carbocycles. The van der Waals surface area contributed by atoms with Crippen LogP contribution < -0.4 is 5.32 Å². The quantitative estimate of drug-likeness (QED) is 0.350. The Labute approximate surface area is 129 Å². The van der Waals surface area contributed by atoms with Crippen LogP contribution in [0.3, 0.4) is 0 Å². The molecule has 5 heteroatoms. The molecule has 0 spiro atoms. The van der Waals surface area contributed by atoms with E-state index in [4.69, 9.17) is 4.74 Å². The molecule has 0 unspecified atom stereocenters. The van der Waals surface area contributed by atoms with E-state index >= 15 is 0 Å². The van der Waals surface area contributed by atoms with Crippen molar-refractivity contribution in [1.82, 2.24) is 10.2 Å². The molecular weight excluding hydrogens is 341 g/mol. The molecule has 4 nitrogen and oxygen atoms in total. The second kappa shape index (κ2) is 10.8. The van der Waals surface area contributed by atoms with E-state index in [0.29, 0.717) is 6.10 Å². The highest BCUT2D eigenvalue weighted by Crippen LogP contribution is 2.20. The van der Waals surface area contributed by atoms with E-state index < -0.39 is 0 Å². The van der Waals surface area contributed by atoms with Crippen molar-refractivity contribution in [3.8, 4) is 0 Å². The Balaban J connectivity index is 0.00000289. The number of guanidine groups is 1. The number of ether oxygens (including phenoxy) is 1. The summed E-state index contributed by atoms with van der Waals surface area (Å²) in [6.45, 7) is 1.79. The number of aliphatic imine (C=N–C) groups is 1. The lowest BCUT2D eigenvalue weighted by Crippen LogP contribution is -2.37. The maximum absolute atomic E-state index is 5.87. The fourth-order valence-electron chi connectivity index (χ4n) is 2.19. The van der Waals surface area contributed by atoms with Gasteiger partial charge in [-0.15, -0.1) is 24.0 Å². The average Bonchev–Trinajstić information content (AvgIpc) is 2.34. The van der Waals surface area contributed by atoms with Crippen molar-refractivity contribution in [1.29, 1.82) is 0 Å². The van der Waals surface area contributed by atoms with E-state index in [1.165, 1.54) is 32.1 Å². The predicted molar refractivity (Wildman–Crippen MR) is 87.9 cm³/mol. The van der Waals surface area contributed by atoms with Gasteiger partial charge >= 0.3 is 0 Å². The van der Waals surface area contributed by atoms with Gasteiger partial charge in [0.2, 0.25) is 0 Å². The van der Waals surface area contributed by atoms with Crippen LogP contribution in [0.1, 0.15) is 38.5 Å². The van der Waals surface area contributed by atoms with E-state index in [9.17, 15) is 0 Å². The third kappa shape index (κ3) is 7.41. The smallest absolute Gasteiger partial charge is 0.193 e. The number of halogens is 1.